The molecule has 0 aliphatic heterocycles. The van der Waals surface area contributed by atoms with Gasteiger partial charge in [0.15, 0.2) is 0 Å². The minimum atomic E-state index is -0.341. The summed E-state index contributed by atoms with van der Waals surface area (Å²) in [5.41, 5.74) is 6.91. The molecule has 0 amide bonds. The molecule has 0 saturated carbocycles. The van der Waals surface area contributed by atoms with E-state index in [2.05, 4.69) is 9.97 Å². The molecule has 1 aromatic heterocycles. The Morgan fingerprint density at radius 2 is 2.11 bits per heavy atom. The Kier molecular flexibility index (Phi) is 3.53. The van der Waals surface area contributed by atoms with E-state index in [4.69, 9.17) is 10.5 Å². The minimum Gasteiger partial charge on any atom is -0.496 e. The van der Waals surface area contributed by atoms with Crippen molar-refractivity contribution in [2.75, 3.05) is 7.11 Å². The standard InChI is InChI=1S/C13H14FN3O/c1-8(15)13-16-6-5-11(17-13)10-7-9(14)3-4-12(10)18-2/h3-8H,15H2,1-2H3. The van der Waals surface area contributed by atoms with Gasteiger partial charge in [0.25, 0.3) is 0 Å². The van der Waals surface area contributed by atoms with Crippen LogP contribution in [0, 0.1) is 5.82 Å². The van der Waals surface area contributed by atoms with Crippen molar-refractivity contribution in [2.24, 2.45) is 5.73 Å². The summed E-state index contributed by atoms with van der Waals surface area (Å²) in [6.07, 6.45) is 1.60. The largest absolute Gasteiger partial charge is 0.496 e. The quantitative estimate of drug-likeness (QED) is 0.904. The maximum atomic E-state index is 13.3. The lowest BCUT2D eigenvalue weighted by atomic mass is 10.1. The highest BCUT2D eigenvalue weighted by atomic mass is 19.1. The van der Waals surface area contributed by atoms with Crippen molar-refractivity contribution >= 4 is 0 Å². The second kappa shape index (κ2) is 5.10. The van der Waals surface area contributed by atoms with Gasteiger partial charge < -0.3 is 10.5 Å². The summed E-state index contributed by atoms with van der Waals surface area (Å²) >= 11 is 0. The van der Waals surface area contributed by atoms with Crippen molar-refractivity contribution in [2.45, 2.75) is 13.0 Å². The van der Waals surface area contributed by atoms with Crippen LogP contribution < -0.4 is 10.5 Å². The van der Waals surface area contributed by atoms with Gasteiger partial charge in [-0.2, -0.15) is 0 Å². The second-order valence-corrected chi connectivity index (χ2v) is 3.93. The van der Waals surface area contributed by atoms with Gasteiger partial charge in [0.2, 0.25) is 0 Å². The van der Waals surface area contributed by atoms with E-state index < -0.39 is 0 Å². The Morgan fingerprint density at radius 1 is 1.33 bits per heavy atom. The first-order valence-electron chi connectivity index (χ1n) is 5.54. The molecule has 5 heteroatoms. The number of benzene rings is 1. The van der Waals surface area contributed by atoms with Crippen LogP contribution in [0.15, 0.2) is 30.5 Å². The Balaban J connectivity index is 2.54. The summed E-state index contributed by atoms with van der Waals surface area (Å²) < 4.78 is 18.5. The number of methoxy groups -OCH3 is 1. The fourth-order valence-electron chi connectivity index (χ4n) is 1.62. The van der Waals surface area contributed by atoms with E-state index >= 15 is 0 Å². The van der Waals surface area contributed by atoms with Crippen LogP contribution in [0.25, 0.3) is 11.3 Å². The first-order chi connectivity index (χ1) is 8.61. The molecule has 0 fully saturated rings. The van der Waals surface area contributed by atoms with Crippen LogP contribution in [-0.2, 0) is 0 Å². The third-order valence-electron chi connectivity index (χ3n) is 2.52. The summed E-state index contributed by atoms with van der Waals surface area (Å²) in [4.78, 5) is 8.38. The van der Waals surface area contributed by atoms with Crippen LogP contribution in [0.3, 0.4) is 0 Å². The lowest BCUT2D eigenvalue weighted by Crippen LogP contribution is -2.10. The van der Waals surface area contributed by atoms with Crippen molar-refractivity contribution in [3.05, 3.63) is 42.1 Å². The highest BCUT2D eigenvalue weighted by Crippen LogP contribution is 2.29. The number of hydrogen-bond acceptors (Lipinski definition) is 4. The number of ether oxygens (including phenoxy) is 1. The molecule has 0 radical (unpaired) electrons. The second-order valence-electron chi connectivity index (χ2n) is 3.93. The summed E-state index contributed by atoms with van der Waals surface area (Å²) in [5.74, 6) is 0.733. The fraction of sp³-hybridized carbons (Fsp3) is 0.231. The molecule has 1 unspecified atom stereocenters. The molecule has 1 heterocycles. The molecule has 0 bridgehead atoms. The van der Waals surface area contributed by atoms with Crippen molar-refractivity contribution in [1.82, 2.24) is 9.97 Å². The lowest BCUT2D eigenvalue weighted by molar-refractivity contribution is 0.415. The topological polar surface area (TPSA) is 61.0 Å². The zero-order chi connectivity index (χ0) is 13.1. The van der Waals surface area contributed by atoms with Crippen LogP contribution >= 0.6 is 0 Å². The monoisotopic (exact) mass is 247 g/mol. The van der Waals surface area contributed by atoms with Gasteiger partial charge in [-0.1, -0.05) is 0 Å². The van der Waals surface area contributed by atoms with E-state index in [1.165, 1.54) is 19.2 Å². The molecule has 0 aliphatic rings. The van der Waals surface area contributed by atoms with E-state index in [0.29, 0.717) is 22.8 Å². The molecule has 0 aliphatic carbocycles. The van der Waals surface area contributed by atoms with Gasteiger partial charge in [0.1, 0.15) is 17.4 Å². The first kappa shape index (κ1) is 12.4. The smallest absolute Gasteiger partial charge is 0.145 e. The van der Waals surface area contributed by atoms with Crippen molar-refractivity contribution in [1.29, 1.82) is 0 Å². The normalized spacial score (nSPS) is 12.2. The van der Waals surface area contributed by atoms with Crippen LogP contribution in [0.4, 0.5) is 4.39 Å². The van der Waals surface area contributed by atoms with Crippen LogP contribution in [0.5, 0.6) is 5.75 Å². The van der Waals surface area contributed by atoms with E-state index in [9.17, 15) is 4.39 Å². The van der Waals surface area contributed by atoms with Crippen LogP contribution in [0.1, 0.15) is 18.8 Å². The zero-order valence-corrected chi connectivity index (χ0v) is 10.2. The number of halogens is 1. The Morgan fingerprint density at radius 3 is 2.78 bits per heavy atom. The molecular formula is C13H14FN3O. The highest BCUT2D eigenvalue weighted by Gasteiger charge is 2.11. The van der Waals surface area contributed by atoms with Gasteiger partial charge in [-0.15, -0.1) is 0 Å². The Bertz CT molecular complexity index is 558. The Labute approximate surface area is 105 Å². The van der Waals surface area contributed by atoms with E-state index in [0.717, 1.165) is 0 Å². The number of nitrogens with two attached hydrogens (primary N) is 1. The van der Waals surface area contributed by atoms with Gasteiger partial charge >= 0.3 is 0 Å². The number of aromatic nitrogens is 2. The van der Waals surface area contributed by atoms with E-state index in [1.54, 1.807) is 25.3 Å². The first-order valence-corrected chi connectivity index (χ1v) is 5.54. The van der Waals surface area contributed by atoms with Crippen molar-refractivity contribution < 1.29 is 9.13 Å². The molecule has 2 N–H and O–H groups in total. The SMILES string of the molecule is COc1ccc(F)cc1-c1ccnc(C(C)N)n1. The van der Waals surface area contributed by atoms with E-state index in [-0.39, 0.29) is 11.9 Å². The van der Waals surface area contributed by atoms with Crippen LogP contribution in [0.2, 0.25) is 0 Å². The molecule has 18 heavy (non-hydrogen) atoms. The summed E-state index contributed by atoms with van der Waals surface area (Å²) in [7, 11) is 1.53. The van der Waals surface area contributed by atoms with Gasteiger partial charge in [-0.25, -0.2) is 14.4 Å². The number of hydrogen-bond donors (Lipinski definition) is 1. The van der Waals surface area contributed by atoms with Crippen molar-refractivity contribution in [3.8, 4) is 17.0 Å². The Hall–Kier alpha value is -2.01. The van der Waals surface area contributed by atoms with Gasteiger partial charge in [0, 0.05) is 11.8 Å². The summed E-state index contributed by atoms with van der Waals surface area (Å²) in [6, 6.07) is 5.72. The minimum absolute atomic E-state index is 0.274. The average molecular weight is 247 g/mol. The molecule has 94 valence electrons. The summed E-state index contributed by atoms with van der Waals surface area (Å²) in [6.45, 7) is 1.79. The highest BCUT2D eigenvalue weighted by molar-refractivity contribution is 5.66. The lowest BCUT2D eigenvalue weighted by Gasteiger charge is -2.10. The maximum absolute atomic E-state index is 13.3. The van der Waals surface area contributed by atoms with Crippen molar-refractivity contribution in [3.63, 3.8) is 0 Å². The van der Waals surface area contributed by atoms with Gasteiger partial charge in [-0.3, -0.25) is 0 Å². The average Bonchev–Trinajstić information content (AvgIpc) is 2.39. The molecule has 0 spiro atoms. The van der Waals surface area contributed by atoms with Gasteiger partial charge in [0.05, 0.1) is 18.8 Å². The third kappa shape index (κ3) is 2.46. The predicted octanol–water partition coefficient (Wildman–Crippen LogP) is 2.31. The molecular weight excluding hydrogens is 233 g/mol. The molecule has 4 nitrogen and oxygen atoms in total. The maximum Gasteiger partial charge on any atom is 0.145 e. The molecule has 2 aromatic rings. The molecule has 1 atom stereocenters. The van der Waals surface area contributed by atoms with Crippen LogP contribution in [-0.4, -0.2) is 17.1 Å². The van der Waals surface area contributed by atoms with E-state index in [1.807, 2.05) is 0 Å². The number of rotatable bonds is 3. The molecule has 0 saturated heterocycles. The van der Waals surface area contributed by atoms with Gasteiger partial charge in [-0.05, 0) is 31.2 Å². The predicted molar refractivity (Wildman–Crippen MR) is 66.6 cm³/mol. The number of nitrogens with zero attached hydrogens (tertiary/aromatic N) is 2. The fourth-order valence-corrected chi connectivity index (χ4v) is 1.62. The zero-order valence-electron chi connectivity index (χ0n) is 10.2. The summed E-state index contributed by atoms with van der Waals surface area (Å²) in [5, 5.41) is 0. The molecule has 1 aromatic carbocycles. The molecule has 2 rings (SSSR count). The third-order valence-corrected chi connectivity index (χ3v) is 2.52.